The maximum Gasteiger partial charge on any atom is 0.212 e. The molecule has 8 heteroatoms. The van der Waals surface area contributed by atoms with Crippen LogP contribution in [-0.4, -0.2) is 13.4 Å². The molecule has 0 fully saturated rings. The molecule has 0 amide bonds. The predicted octanol–water partition coefficient (Wildman–Crippen LogP) is 3.29. The highest BCUT2D eigenvalue weighted by molar-refractivity contribution is 7.91. The molecular weight excluding hydrogens is 348 g/mol. The van der Waals surface area contributed by atoms with Gasteiger partial charge in [-0.3, -0.25) is 4.79 Å². The van der Waals surface area contributed by atoms with E-state index in [2.05, 4.69) is 4.98 Å². The molecule has 0 spiro atoms. The van der Waals surface area contributed by atoms with Gasteiger partial charge in [0.25, 0.3) is 0 Å². The van der Waals surface area contributed by atoms with Gasteiger partial charge in [0, 0.05) is 11.6 Å². The van der Waals surface area contributed by atoms with Gasteiger partial charge in [-0.2, -0.15) is 0 Å². The molecule has 2 aromatic carbocycles. The number of hydrogen-bond acceptors (Lipinski definition) is 3. The maximum atomic E-state index is 13.5. The van der Waals surface area contributed by atoms with E-state index in [1.807, 2.05) is 0 Å². The molecule has 0 aliphatic rings. The highest BCUT2D eigenvalue weighted by Crippen LogP contribution is 2.23. The van der Waals surface area contributed by atoms with Gasteiger partial charge in [-0.15, -0.1) is 0 Å². The molecule has 1 heterocycles. The average Bonchev–Trinajstić information content (AvgIpc) is 2.49. The number of rotatable bonds is 2. The number of hydrogen-bond donors (Lipinski definition) is 1. The molecule has 1 aromatic heterocycles. The lowest BCUT2D eigenvalue weighted by Crippen LogP contribution is -2.16. The molecule has 0 saturated heterocycles. The summed E-state index contributed by atoms with van der Waals surface area (Å²) in [6.45, 7) is 0. The van der Waals surface area contributed by atoms with Crippen LogP contribution in [0.5, 0.6) is 0 Å². The van der Waals surface area contributed by atoms with E-state index in [1.165, 1.54) is 18.2 Å². The lowest BCUT2D eigenvalue weighted by molar-refractivity contribution is 0.590. The molecule has 0 radical (unpaired) electrons. The fourth-order valence-electron chi connectivity index (χ4n) is 2.16. The van der Waals surface area contributed by atoms with Crippen LogP contribution in [0.2, 0.25) is 5.02 Å². The summed E-state index contributed by atoms with van der Waals surface area (Å²) in [5, 5.41) is -0.363. The number of benzene rings is 2. The molecule has 4 nitrogen and oxygen atoms in total. The van der Waals surface area contributed by atoms with Gasteiger partial charge in [0.15, 0.2) is 0 Å². The molecule has 23 heavy (non-hydrogen) atoms. The lowest BCUT2D eigenvalue weighted by Gasteiger charge is -2.06. The SMILES string of the molecule is O=c1c(S(=O)(=O)c2cccc(F)c2)c[nH]c2cc(Cl)c(F)cc12. The predicted molar refractivity (Wildman–Crippen MR) is 81.4 cm³/mol. The van der Waals surface area contributed by atoms with Crippen molar-refractivity contribution >= 4 is 32.3 Å². The first-order chi connectivity index (χ1) is 10.8. The molecule has 0 aliphatic heterocycles. The third-order valence-corrected chi connectivity index (χ3v) is 5.33. The normalized spacial score (nSPS) is 11.8. The van der Waals surface area contributed by atoms with Crippen LogP contribution in [-0.2, 0) is 9.84 Å². The summed E-state index contributed by atoms with van der Waals surface area (Å²) in [4.78, 5) is 14.0. The zero-order valence-corrected chi connectivity index (χ0v) is 12.9. The van der Waals surface area contributed by atoms with E-state index in [1.54, 1.807) is 0 Å². The van der Waals surface area contributed by atoms with Crippen molar-refractivity contribution in [1.82, 2.24) is 4.98 Å². The highest BCUT2D eigenvalue weighted by atomic mass is 35.5. The van der Waals surface area contributed by atoms with Gasteiger partial charge in [0.1, 0.15) is 16.5 Å². The standard InChI is InChI=1S/C15H8ClF2NO3S/c16-11-6-13-10(5-12(11)18)15(20)14(7-19-13)23(21,22)9-3-1-2-8(17)4-9/h1-7H,(H,19,20). The minimum Gasteiger partial charge on any atom is -0.360 e. The molecule has 3 aromatic rings. The van der Waals surface area contributed by atoms with Gasteiger partial charge in [-0.1, -0.05) is 17.7 Å². The van der Waals surface area contributed by atoms with Crippen molar-refractivity contribution in [2.45, 2.75) is 9.79 Å². The van der Waals surface area contributed by atoms with E-state index in [0.29, 0.717) is 0 Å². The summed E-state index contributed by atoms with van der Waals surface area (Å²) in [5.74, 6) is -1.59. The van der Waals surface area contributed by atoms with Gasteiger partial charge in [0.05, 0.1) is 15.4 Å². The fraction of sp³-hybridized carbons (Fsp3) is 0. The van der Waals surface area contributed by atoms with E-state index < -0.39 is 31.8 Å². The van der Waals surface area contributed by atoms with E-state index in [4.69, 9.17) is 11.6 Å². The second kappa shape index (κ2) is 5.43. The smallest absolute Gasteiger partial charge is 0.212 e. The van der Waals surface area contributed by atoms with Gasteiger partial charge in [-0.25, -0.2) is 17.2 Å². The number of nitrogens with one attached hydrogen (secondary N) is 1. The Hall–Kier alpha value is -2.25. The van der Waals surface area contributed by atoms with Crippen LogP contribution in [0, 0.1) is 11.6 Å². The summed E-state index contributed by atoms with van der Waals surface area (Å²) in [6, 6.07) is 6.33. The molecule has 0 saturated carbocycles. The first-order valence-corrected chi connectivity index (χ1v) is 8.18. The maximum absolute atomic E-state index is 13.5. The Kier molecular flexibility index (Phi) is 3.69. The minimum absolute atomic E-state index is 0.163. The number of H-pyrrole nitrogens is 1. The number of aromatic amines is 1. The summed E-state index contributed by atoms with van der Waals surface area (Å²) in [6.07, 6.45) is 0.985. The van der Waals surface area contributed by atoms with Crippen molar-refractivity contribution in [1.29, 1.82) is 0 Å². The molecular formula is C15H8ClF2NO3S. The van der Waals surface area contributed by atoms with Crippen LogP contribution >= 0.6 is 11.6 Å². The van der Waals surface area contributed by atoms with E-state index in [0.717, 1.165) is 24.4 Å². The van der Waals surface area contributed by atoms with E-state index >= 15 is 0 Å². The zero-order valence-electron chi connectivity index (χ0n) is 11.3. The van der Waals surface area contributed by atoms with E-state index in [-0.39, 0.29) is 20.8 Å². The van der Waals surface area contributed by atoms with Crippen molar-refractivity contribution in [3.05, 3.63) is 69.5 Å². The summed E-state index contributed by atoms with van der Waals surface area (Å²) in [7, 11) is -4.25. The number of pyridine rings is 1. The first-order valence-electron chi connectivity index (χ1n) is 6.32. The van der Waals surface area contributed by atoms with Crippen molar-refractivity contribution < 1.29 is 17.2 Å². The van der Waals surface area contributed by atoms with Crippen LogP contribution in [0.15, 0.2) is 57.2 Å². The number of fused-ring (bicyclic) bond motifs is 1. The minimum atomic E-state index is -4.25. The Labute approximate surface area is 134 Å². The van der Waals surface area contributed by atoms with Gasteiger partial charge in [-0.05, 0) is 30.3 Å². The second-order valence-electron chi connectivity index (χ2n) is 4.75. The summed E-state index contributed by atoms with van der Waals surface area (Å²) >= 11 is 5.63. The zero-order chi connectivity index (χ0) is 16.8. The second-order valence-corrected chi connectivity index (χ2v) is 7.08. The molecule has 3 rings (SSSR count). The number of aromatic nitrogens is 1. The van der Waals surface area contributed by atoms with Crippen LogP contribution in [0.25, 0.3) is 10.9 Å². The summed E-state index contributed by atoms with van der Waals surface area (Å²) < 4.78 is 51.8. The fourth-order valence-corrected chi connectivity index (χ4v) is 3.67. The lowest BCUT2D eigenvalue weighted by atomic mass is 10.2. The van der Waals surface area contributed by atoms with Gasteiger partial charge in [0.2, 0.25) is 15.3 Å². The van der Waals surface area contributed by atoms with Gasteiger partial charge >= 0.3 is 0 Å². The van der Waals surface area contributed by atoms with Crippen molar-refractivity contribution in [2.24, 2.45) is 0 Å². The van der Waals surface area contributed by atoms with Crippen molar-refractivity contribution in [3.63, 3.8) is 0 Å². The van der Waals surface area contributed by atoms with Crippen LogP contribution in [0.1, 0.15) is 0 Å². The molecule has 118 valence electrons. The van der Waals surface area contributed by atoms with Crippen LogP contribution in [0.4, 0.5) is 8.78 Å². The monoisotopic (exact) mass is 355 g/mol. The number of halogens is 3. The Morgan fingerprint density at radius 3 is 2.52 bits per heavy atom. The third-order valence-electron chi connectivity index (χ3n) is 3.28. The molecule has 0 unspecified atom stereocenters. The van der Waals surface area contributed by atoms with Crippen molar-refractivity contribution in [2.75, 3.05) is 0 Å². The average molecular weight is 356 g/mol. The van der Waals surface area contributed by atoms with Crippen LogP contribution in [0.3, 0.4) is 0 Å². The first kappa shape index (κ1) is 15.6. The largest absolute Gasteiger partial charge is 0.360 e. The molecule has 0 atom stereocenters. The molecule has 0 aliphatic carbocycles. The number of sulfone groups is 1. The summed E-state index contributed by atoms with van der Waals surface area (Å²) in [5.41, 5.74) is -0.696. The Morgan fingerprint density at radius 1 is 1.09 bits per heavy atom. The highest BCUT2D eigenvalue weighted by Gasteiger charge is 2.23. The Morgan fingerprint density at radius 2 is 1.83 bits per heavy atom. The molecule has 0 bridgehead atoms. The quantitative estimate of drug-likeness (QED) is 0.767. The van der Waals surface area contributed by atoms with Gasteiger partial charge < -0.3 is 4.98 Å². The van der Waals surface area contributed by atoms with Crippen molar-refractivity contribution in [3.8, 4) is 0 Å². The topological polar surface area (TPSA) is 67.0 Å². The van der Waals surface area contributed by atoms with E-state index in [9.17, 15) is 22.0 Å². The van der Waals surface area contributed by atoms with Crippen LogP contribution < -0.4 is 5.43 Å². The third kappa shape index (κ3) is 2.62. The Balaban J connectivity index is 2.30. The Bertz CT molecular complexity index is 1090. The molecule has 1 N–H and O–H groups in total.